The van der Waals surface area contributed by atoms with Gasteiger partial charge in [-0.25, -0.2) is 13.4 Å². The van der Waals surface area contributed by atoms with Gasteiger partial charge in [-0.15, -0.1) is 11.3 Å². The average Bonchev–Trinajstić information content (AvgIpc) is 3.05. The summed E-state index contributed by atoms with van der Waals surface area (Å²) < 4.78 is 28.5. The van der Waals surface area contributed by atoms with Gasteiger partial charge < -0.3 is 4.90 Å². The van der Waals surface area contributed by atoms with Crippen molar-refractivity contribution in [3.05, 3.63) is 16.7 Å². The third kappa shape index (κ3) is 2.70. The molecule has 0 spiro atoms. The predicted octanol–water partition coefficient (Wildman–Crippen LogP) is 1.62. The number of hydrogen-bond acceptors (Lipinski definition) is 5. The topological polar surface area (TPSA) is 57.9 Å². The third-order valence-corrected chi connectivity index (χ3v) is 6.82. The number of halogens is 1. The van der Waals surface area contributed by atoms with Gasteiger partial charge in [-0.3, -0.25) is 4.40 Å². The lowest BCUT2D eigenvalue weighted by atomic mass is 10.1. The largest absolute Gasteiger partial charge is 0.306 e. The van der Waals surface area contributed by atoms with Gasteiger partial charge in [-0.2, -0.15) is 4.31 Å². The summed E-state index contributed by atoms with van der Waals surface area (Å²) in [5, 5.41) is 1.90. The van der Waals surface area contributed by atoms with Gasteiger partial charge in [0.15, 0.2) is 15.1 Å². The van der Waals surface area contributed by atoms with E-state index in [0.717, 1.165) is 19.5 Å². The van der Waals surface area contributed by atoms with Crippen molar-refractivity contribution in [3.63, 3.8) is 0 Å². The summed E-state index contributed by atoms with van der Waals surface area (Å²) in [4.78, 5) is 6.91. The zero-order valence-electron chi connectivity index (χ0n) is 11.9. The fourth-order valence-electron chi connectivity index (χ4n) is 2.75. The summed E-state index contributed by atoms with van der Waals surface area (Å²) in [6, 6.07) is 0. The standard InChI is InChI=1S/C12H17ClN4O2S2/c1-15-4-3-9(7-15)8-16(2)21(18,19)11-10(13)14-12-17(11)5-6-20-12/h5-6,9H,3-4,7-8H2,1-2H3. The van der Waals surface area contributed by atoms with Crippen LogP contribution in [-0.2, 0) is 10.0 Å². The van der Waals surface area contributed by atoms with Gasteiger partial charge in [0.2, 0.25) is 0 Å². The molecule has 1 fully saturated rings. The summed E-state index contributed by atoms with van der Waals surface area (Å²) in [5.74, 6) is 0.361. The zero-order chi connectivity index (χ0) is 15.2. The Morgan fingerprint density at radius 3 is 3.00 bits per heavy atom. The van der Waals surface area contributed by atoms with Crippen LogP contribution in [0.15, 0.2) is 16.6 Å². The number of hydrogen-bond donors (Lipinski definition) is 0. The van der Waals surface area contributed by atoms with E-state index >= 15 is 0 Å². The molecule has 0 saturated carbocycles. The lowest BCUT2D eigenvalue weighted by Gasteiger charge is -2.20. The van der Waals surface area contributed by atoms with Crippen LogP contribution in [0.5, 0.6) is 0 Å². The first-order chi connectivity index (χ1) is 9.89. The smallest absolute Gasteiger partial charge is 0.262 e. The van der Waals surface area contributed by atoms with E-state index in [-0.39, 0.29) is 10.2 Å². The van der Waals surface area contributed by atoms with Gasteiger partial charge in [-0.05, 0) is 25.9 Å². The molecule has 0 radical (unpaired) electrons. The van der Waals surface area contributed by atoms with Gasteiger partial charge in [0.25, 0.3) is 10.0 Å². The van der Waals surface area contributed by atoms with Crippen LogP contribution in [-0.4, -0.2) is 60.7 Å². The van der Waals surface area contributed by atoms with E-state index in [0.29, 0.717) is 17.4 Å². The van der Waals surface area contributed by atoms with Crippen molar-refractivity contribution in [2.75, 3.05) is 33.7 Å². The summed E-state index contributed by atoms with van der Waals surface area (Å²) in [6.45, 7) is 2.44. The van der Waals surface area contributed by atoms with E-state index in [9.17, 15) is 8.42 Å². The van der Waals surface area contributed by atoms with E-state index in [1.165, 1.54) is 15.6 Å². The van der Waals surface area contributed by atoms with Crippen LogP contribution in [0.3, 0.4) is 0 Å². The van der Waals surface area contributed by atoms with Crippen LogP contribution in [0, 0.1) is 5.92 Å². The number of sulfonamides is 1. The van der Waals surface area contributed by atoms with E-state index in [1.807, 2.05) is 0 Å². The molecule has 3 heterocycles. The highest BCUT2D eigenvalue weighted by atomic mass is 35.5. The number of thiazole rings is 1. The maximum absolute atomic E-state index is 12.8. The molecule has 3 rings (SSSR count). The minimum atomic E-state index is -3.64. The number of likely N-dealkylation sites (tertiary alicyclic amines) is 1. The fraction of sp³-hybridized carbons (Fsp3) is 0.583. The monoisotopic (exact) mass is 348 g/mol. The lowest BCUT2D eigenvalue weighted by molar-refractivity contribution is 0.356. The lowest BCUT2D eigenvalue weighted by Crippen LogP contribution is -2.33. The van der Waals surface area contributed by atoms with Gasteiger partial charge in [0.1, 0.15) is 0 Å². The first kappa shape index (κ1) is 15.2. The molecule has 6 nitrogen and oxygen atoms in total. The second-order valence-corrected chi connectivity index (χ2v) is 8.66. The summed E-state index contributed by atoms with van der Waals surface area (Å²) in [5.41, 5.74) is 0. The van der Waals surface area contributed by atoms with E-state index in [2.05, 4.69) is 16.9 Å². The van der Waals surface area contributed by atoms with E-state index in [4.69, 9.17) is 11.6 Å². The normalized spacial score (nSPS) is 20.9. The Morgan fingerprint density at radius 1 is 1.57 bits per heavy atom. The Balaban J connectivity index is 1.89. The molecule has 2 aromatic heterocycles. The Hall–Kier alpha value is -0.670. The summed E-state index contributed by atoms with van der Waals surface area (Å²) in [6.07, 6.45) is 2.70. The second kappa shape index (κ2) is 5.51. The SMILES string of the molecule is CN1CCC(CN(C)S(=O)(=O)c2c(Cl)nc3sccn23)C1. The van der Waals surface area contributed by atoms with Gasteiger partial charge in [0.05, 0.1) is 0 Å². The van der Waals surface area contributed by atoms with E-state index < -0.39 is 10.0 Å². The molecule has 1 aliphatic heterocycles. The predicted molar refractivity (Wildman–Crippen MR) is 83.5 cm³/mol. The Bertz CT molecular complexity index is 754. The first-order valence-electron chi connectivity index (χ1n) is 6.65. The maximum atomic E-state index is 12.8. The number of imidazole rings is 1. The molecule has 2 aromatic rings. The molecule has 0 aromatic carbocycles. The van der Waals surface area contributed by atoms with Crippen LogP contribution in [0.2, 0.25) is 5.15 Å². The Morgan fingerprint density at radius 2 is 2.33 bits per heavy atom. The quantitative estimate of drug-likeness (QED) is 0.842. The highest BCUT2D eigenvalue weighted by Crippen LogP contribution is 2.28. The minimum Gasteiger partial charge on any atom is -0.306 e. The molecule has 1 saturated heterocycles. The molecular weight excluding hydrogens is 332 g/mol. The second-order valence-electron chi connectivity index (χ2n) is 5.47. The van der Waals surface area contributed by atoms with Gasteiger partial charge in [-0.1, -0.05) is 11.6 Å². The van der Waals surface area contributed by atoms with Crippen LogP contribution >= 0.6 is 22.9 Å². The van der Waals surface area contributed by atoms with Crippen molar-refractivity contribution < 1.29 is 8.42 Å². The molecule has 0 N–H and O–H groups in total. The number of nitrogens with zero attached hydrogens (tertiary/aromatic N) is 4. The highest BCUT2D eigenvalue weighted by Gasteiger charge is 2.32. The molecule has 1 aliphatic rings. The minimum absolute atomic E-state index is 0.0391. The Labute approximate surface area is 133 Å². The zero-order valence-corrected chi connectivity index (χ0v) is 14.2. The molecule has 0 aliphatic carbocycles. The third-order valence-electron chi connectivity index (χ3n) is 3.84. The first-order valence-corrected chi connectivity index (χ1v) is 9.35. The van der Waals surface area contributed by atoms with Crippen LogP contribution < -0.4 is 0 Å². The average molecular weight is 349 g/mol. The molecule has 9 heteroatoms. The summed E-state index contributed by atoms with van der Waals surface area (Å²) >= 11 is 7.40. The van der Waals surface area contributed by atoms with Crippen molar-refractivity contribution in [2.45, 2.75) is 11.4 Å². The molecule has 1 unspecified atom stereocenters. The number of rotatable bonds is 4. The number of fused-ring (bicyclic) bond motifs is 1. The molecule has 1 atom stereocenters. The van der Waals surface area contributed by atoms with Gasteiger partial charge in [0, 0.05) is 31.7 Å². The van der Waals surface area contributed by atoms with Crippen molar-refractivity contribution in [1.82, 2.24) is 18.6 Å². The number of aromatic nitrogens is 2. The molecular formula is C12H17ClN4O2S2. The molecule has 116 valence electrons. The maximum Gasteiger partial charge on any atom is 0.262 e. The van der Waals surface area contributed by atoms with Crippen LogP contribution in [0.1, 0.15) is 6.42 Å². The van der Waals surface area contributed by atoms with Crippen molar-refractivity contribution in [3.8, 4) is 0 Å². The van der Waals surface area contributed by atoms with Crippen LogP contribution in [0.25, 0.3) is 4.96 Å². The van der Waals surface area contributed by atoms with E-state index in [1.54, 1.807) is 23.0 Å². The summed E-state index contributed by atoms with van der Waals surface area (Å²) in [7, 11) is 0.0219. The highest BCUT2D eigenvalue weighted by molar-refractivity contribution is 7.89. The fourth-order valence-corrected chi connectivity index (χ4v) is 5.40. The molecule has 0 amide bonds. The van der Waals surface area contributed by atoms with Gasteiger partial charge >= 0.3 is 0 Å². The van der Waals surface area contributed by atoms with Crippen LogP contribution in [0.4, 0.5) is 0 Å². The van der Waals surface area contributed by atoms with Crippen molar-refractivity contribution >= 4 is 37.9 Å². The molecule has 0 bridgehead atoms. The van der Waals surface area contributed by atoms with Crippen molar-refractivity contribution in [1.29, 1.82) is 0 Å². The van der Waals surface area contributed by atoms with Crippen molar-refractivity contribution in [2.24, 2.45) is 5.92 Å². The molecule has 21 heavy (non-hydrogen) atoms. The Kier molecular flexibility index (Phi) is 4.00.